The van der Waals surface area contributed by atoms with E-state index in [1.165, 1.54) is 0 Å². The molecule has 1 aromatic carbocycles. The standard InChI is InChI=1S/C14H19NO/c1-3-5-9-13(15-4-2)12-16-14-10-7-6-8-11-14/h1,6-8,10-11,13,15H,4-5,9,12H2,2H3. The average molecular weight is 217 g/mol. The zero-order valence-corrected chi connectivity index (χ0v) is 9.78. The van der Waals surface area contributed by atoms with Crippen molar-refractivity contribution in [1.29, 1.82) is 0 Å². The lowest BCUT2D eigenvalue weighted by atomic mass is 10.2. The Balaban J connectivity index is 2.35. The summed E-state index contributed by atoms with van der Waals surface area (Å²) >= 11 is 0. The molecule has 16 heavy (non-hydrogen) atoms. The van der Waals surface area contributed by atoms with Gasteiger partial charge in [0.05, 0.1) is 0 Å². The van der Waals surface area contributed by atoms with E-state index in [4.69, 9.17) is 11.2 Å². The maximum absolute atomic E-state index is 5.69. The minimum atomic E-state index is 0.334. The molecule has 0 radical (unpaired) electrons. The Morgan fingerprint density at radius 3 is 2.75 bits per heavy atom. The van der Waals surface area contributed by atoms with Gasteiger partial charge in [-0.15, -0.1) is 12.3 Å². The Bertz CT molecular complexity index is 315. The fourth-order valence-electron chi connectivity index (χ4n) is 1.50. The topological polar surface area (TPSA) is 21.3 Å². The van der Waals surface area contributed by atoms with Gasteiger partial charge >= 0.3 is 0 Å². The SMILES string of the molecule is C#CCCC(COc1ccccc1)NCC. The summed E-state index contributed by atoms with van der Waals surface area (Å²) in [5.74, 6) is 3.57. The number of hydrogen-bond acceptors (Lipinski definition) is 2. The summed E-state index contributed by atoms with van der Waals surface area (Å²) in [6.45, 7) is 3.69. The van der Waals surface area contributed by atoms with Crippen LogP contribution < -0.4 is 10.1 Å². The van der Waals surface area contributed by atoms with Gasteiger partial charge in [0.2, 0.25) is 0 Å². The van der Waals surface area contributed by atoms with Gasteiger partial charge in [-0.3, -0.25) is 0 Å². The molecule has 2 heteroatoms. The zero-order chi connectivity index (χ0) is 11.6. The van der Waals surface area contributed by atoms with Gasteiger partial charge in [0.25, 0.3) is 0 Å². The van der Waals surface area contributed by atoms with Crippen molar-refractivity contribution in [1.82, 2.24) is 5.32 Å². The van der Waals surface area contributed by atoms with Crippen LogP contribution in [-0.4, -0.2) is 19.2 Å². The van der Waals surface area contributed by atoms with Crippen LogP contribution in [0.25, 0.3) is 0 Å². The van der Waals surface area contributed by atoms with Crippen LogP contribution in [0, 0.1) is 12.3 Å². The van der Waals surface area contributed by atoms with Crippen molar-refractivity contribution in [3.63, 3.8) is 0 Å². The van der Waals surface area contributed by atoms with Crippen molar-refractivity contribution < 1.29 is 4.74 Å². The molecule has 1 N–H and O–H groups in total. The molecule has 0 fully saturated rings. The Kier molecular flexibility index (Phi) is 6.13. The van der Waals surface area contributed by atoms with Crippen molar-refractivity contribution in [2.75, 3.05) is 13.2 Å². The minimum absolute atomic E-state index is 0.334. The third-order valence-corrected chi connectivity index (χ3v) is 2.32. The molecule has 1 aromatic rings. The molecule has 0 bridgehead atoms. The number of benzene rings is 1. The van der Waals surface area contributed by atoms with E-state index < -0.39 is 0 Å². The molecule has 2 nitrogen and oxygen atoms in total. The van der Waals surface area contributed by atoms with Crippen molar-refractivity contribution in [3.8, 4) is 18.1 Å². The van der Waals surface area contributed by atoms with Crippen LogP contribution in [0.3, 0.4) is 0 Å². The normalized spacial score (nSPS) is 11.8. The van der Waals surface area contributed by atoms with E-state index in [0.29, 0.717) is 12.6 Å². The van der Waals surface area contributed by atoms with Crippen LogP contribution >= 0.6 is 0 Å². The highest BCUT2D eigenvalue weighted by atomic mass is 16.5. The van der Waals surface area contributed by atoms with Gasteiger partial charge in [0.1, 0.15) is 12.4 Å². The van der Waals surface area contributed by atoms with E-state index in [-0.39, 0.29) is 0 Å². The molecule has 0 aliphatic heterocycles. The molecule has 0 aromatic heterocycles. The molecular weight excluding hydrogens is 198 g/mol. The molecular formula is C14H19NO. The molecule has 86 valence electrons. The number of hydrogen-bond donors (Lipinski definition) is 1. The second kappa shape index (κ2) is 7.78. The van der Waals surface area contributed by atoms with Crippen LogP contribution in [-0.2, 0) is 0 Å². The fraction of sp³-hybridized carbons (Fsp3) is 0.429. The van der Waals surface area contributed by atoms with Gasteiger partial charge < -0.3 is 10.1 Å². The lowest BCUT2D eigenvalue weighted by Crippen LogP contribution is -2.34. The Morgan fingerprint density at radius 2 is 2.12 bits per heavy atom. The largest absolute Gasteiger partial charge is 0.492 e. The summed E-state index contributed by atoms with van der Waals surface area (Å²) in [4.78, 5) is 0. The number of nitrogens with one attached hydrogen (secondary N) is 1. The maximum Gasteiger partial charge on any atom is 0.119 e. The number of rotatable bonds is 7. The smallest absolute Gasteiger partial charge is 0.119 e. The summed E-state index contributed by atoms with van der Waals surface area (Å²) in [5.41, 5.74) is 0. The van der Waals surface area contributed by atoms with E-state index >= 15 is 0 Å². The van der Waals surface area contributed by atoms with Gasteiger partial charge in [-0.2, -0.15) is 0 Å². The molecule has 0 heterocycles. The third-order valence-electron chi connectivity index (χ3n) is 2.32. The highest BCUT2D eigenvalue weighted by molar-refractivity contribution is 5.20. The molecule has 0 amide bonds. The van der Waals surface area contributed by atoms with Gasteiger partial charge in [-0.05, 0) is 25.1 Å². The van der Waals surface area contributed by atoms with E-state index in [2.05, 4.69) is 18.2 Å². The fourth-order valence-corrected chi connectivity index (χ4v) is 1.50. The Hall–Kier alpha value is -1.46. The molecule has 1 unspecified atom stereocenters. The molecule has 1 rings (SSSR count). The van der Waals surface area contributed by atoms with E-state index in [9.17, 15) is 0 Å². The summed E-state index contributed by atoms with van der Waals surface area (Å²) in [7, 11) is 0. The predicted molar refractivity (Wildman–Crippen MR) is 67.5 cm³/mol. The van der Waals surface area contributed by atoms with E-state index in [1.54, 1.807) is 0 Å². The molecule has 0 aliphatic carbocycles. The highest BCUT2D eigenvalue weighted by Crippen LogP contribution is 2.09. The molecule has 0 spiro atoms. The first-order chi connectivity index (χ1) is 7.86. The minimum Gasteiger partial charge on any atom is -0.492 e. The van der Waals surface area contributed by atoms with Gasteiger partial charge in [0.15, 0.2) is 0 Å². The first kappa shape index (κ1) is 12.6. The Labute approximate surface area is 98.0 Å². The number of para-hydroxylation sites is 1. The van der Waals surface area contributed by atoms with E-state index in [1.807, 2.05) is 30.3 Å². The second-order valence-electron chi connectivity index (χ2n) is 3.62. The van der Waals surface area contributed by atoms with Crippen molar-refractivity contribution in [3.05, 3.63) is 30.3 Å². The average Bonchev–Trinajstić information content (AvgIpc) is 2.34. The predicted octanol–water partition coefficient (Wildman–Crippen LogP) is 2.46. The number of terminal acetylenes is 1. The lowest BCUT2D eigenvalue weighted by molar-refractivity contribution is 0.259. The van der Waals surface area contributed by atoms with Crippen LogP contribution in [0.5, 0.6) is 5.75 Å². The van der Waals surface area contributed by atoms with Gasteiger partial charge in [0, 0.05) is 12.5 Å². The summed E-state index contributed by atoms with van der Waals surface area (Å²) in [6, 6.07) is 10.2. The van der Waals surface area contributed by atoms with Crippen molar-refractivity contribution >= 4 is 0 Å². The summed E-state index contributed by atoms with van der Waals surface area (Å²) < 4.78 is 5.69. The first-order valence-corrected chi connectivity index (χ1v) is 5.71. The van der Waals surface area contributed by atoms with E-state index in [0.717, 1.165) is 25.1 Å². The summed E-state index contributed by atoms with van der Waals surface area (Å²) in [5, 5.41) is 3.37. The second-order valence-corrected chi connectivity index (χ2v) is 3.62. The Morgan fingerprint density at radius 1 is 1.38 bits per heavy atom. The number of likely N-dealkylation sites (N-methyl/N-ethyl adjacent to an activating group) is 1. The molecule has 1 atom stereocenters. The van der Waals surface area contributed by atoms with Gasteiger partial charge in [-0.1, -0.05) is 25.1 Å². The molecule has 0 saturated carbocycles. The van der Waals surface area contributed by atoms with Crippen LogP contribution in [0.1, 0.15) is 19.8 Å². The van der Waals surface area contributed by atoms with Crippen LogP contribution in [0.2, 0.25) is 0 Å². The highest BCUT2D eigenvalue weighted by Gasteiger charge is 2.06. The monoisotopic (exact) mass is 217 g/mol. The molecule has 0 saturated heterocycles. The van der Waals surface area contributed by atoms with Crippen LogP contribution in [0.15, 0.2) is 30.3 Å². The maximum atomic E-state index is 5.69. The van der Waals surface area contributed by atoms with Crippen molar-refractivity contribution in [2.45, 2.75) is 25.8 Å². The zero-order valence-electron chi connectivity index (χ0n) is 9.78. The third kappa shape index (κ3) is 4.86. The first-order valence-electron chi connectivity index (χ1n) is 5.71. The van der Waals surface area contributed by atoms with Gasteiger partial charge in [-0.25, -0.2) is 0 Å². The van der Waals surface area contributed by atoms with Crippen molar-refractivity contribution in [2.24, 2.45) is 0 Å². The van der Waals surface area contributed by atoms with Crippen LogP contribution in [0.4, 0.5) is 0 Å². The quantitative estimate of drug-likeness (QED) is 0.708. The number of ether oxygens (including phenoxy) is 1. The molecule has 0 aliphatic rings. The lowest BCUT2D eigenvalue weighted by Gasteiger charge is -2.17. The summed E-state index contributed by atoms with van der Waals surface area (Å²) in [6.07, 6.45) is 7.00.